The van der Waals surface area contributed by atoms with Crippen LogP contribution in [-0.2, 0) is 21.7 Å². The Morgan fingerprint density at radius 2 is 2.07 bits per heavy atom. The summed E-state index contributed by atoms with van der Waals surface area (Å²) in [5, 5.41) is 7.01. The number of hydrogen-bond acceptors (Lipinski definition) is 5. The molecule has 7 nitrogen and oxygen atoms in total. The number of fused-ring (bicyclic) bond motifs is 1. The number of thiophene rings is 1. The Hall–Kier alpha value is -3.07. The summed E-state index contributed by atoms with van der Waals surface area (Å²) >= 11 is 1.51. The van der Waals surface area contributed by atoms with E-state index in [0.29, 0.717) is 5.56 Å². The van der Waals surface area contributed by atoms with Crippen LogP contribution in [0, 0.1) is 5.82 Å². The van der Waals surface area contributed by atoms with Crippen molar-refractivity contribution in [1.29, 1.82) is 0 Å². The monoisotopic (exact) mass is 429 g/mol. The Balaban J connectivity index is 1.57. The number of nitrogens with one attached hydrogen (secondary N) is 2. The molecule has 0 radical (unpaired) electrons. The molecule has 1 aromatic carbocycles. The lowest BCUT2D eigenvalue weighted by Crippen LogP contribution is -2.52. The molecule has 2 aliphatic heterocycles. The summed E-state index contributed by atoms with van der Waals surface area (Å²) in [5.41, 5.74) is -0.318. The van der Waals surface area contributed by atoms with E-state index in [0.717, 1.165) is 10.9 Å². The fourth-order valence-corrected chi connectivity index (χ4v) is 4.65. The van der Waals surface area contributed by atoms with Crippen LogP contribution < -0.4 is 10.6 Å². The topological polar surface area (TPSA) is 95.6 Å². The van der Waals surface area contributed by atoms with Gasteiger partial charge in [0.25, 0.3) is 11.8 Å². The summed E-state index contributed by atoms with van der Waals surface area (Å²) in [7, 11) is 0. The van der Waals surface area contributed by atoms with Gasteiger partial charge in [0.15, 0.2) is 0 Å². The van der Waals surface area contributed by atoms with Gasteiger partial charge in [-0.05, 0) is 49.4 Å². The zero-order valence-corrected chi connectivity index (χ0v) is 17.3. The Morgan fingerprint density at radius 1 is 1.30 bits per heavy atom. The number of carbonyl (C=O) groups excluding carboxylic acids is 4. The van der Waals surface area contributed by atoms with Gasteiger partial charge in [-0.15, -0.1) is 11.3 Å². The molecule has 156 valence electrons. The van der Waals surface area contributed by atoms with Crippen LogP contribution in [0.25, 0.3) is 0 Å². The number of piperidine rings is 1. The van der Waals surface area contributed by atoms with E-state index in [2.05, 4.69) is 10.6 Å². The average Bonchev–Trinajstić information content (AvgIpc) is 3.31. The maximum atomic E-state index is 14.8. The van der Waals surface area contributed by atoms with Crippen LogP contribution in [0.4, 0.5) is 4.39 Å². The van der Waals surface area contributed by atoms with Crippen molar-refractivity contribution in [2.75, 3.05) is 0 Å². The van der Waals surface area contributed by atoms with Crippen LogP contribution in [0.3, 0.4) is 0 Å². The van der Waals surface area contributed by atoms with E-state index in [1.165, 1.54) is 22.3 Å². The zero-order chi connectivity index (χ0) is 21.6. The molecular weight excluding hydrogens is 409 g/mol. The lowest BCUT2D eigenvalue weighted by atomic mass is 10.0. The second-order valence-electron chi connectivity index (χ2n) is 7.95. The normalized spacial score (nSPS) is 19.0. The van der Waals surface area contributed by atoms with Crippen molar-refractivity contribution in [3.05, 3.63) is 57.0 Å². The van der Waals surface area contributed by atoms with Crippen molar-refractivity contribution in [2.24, 2.45) is 0 Å². The summed E-state index contributed by atoms with van der Waals surface area (Å²) in [5.74, 6) is -2.82. The first-order valence-corrected chi connectivity index (χ1v) is 10.4. The first kappa shape index (κ1) is 20.2. The molecule has 3 heterocycles. The zero-order valence-electron chi connectivity index (χ0n) is 16.5. The number of nitrogens with zero attached hydrogens (tertiary/aromatic N) is 1. The number of imide groups is 1. The molecule has 2 aromatic rings. The Morgan fingerprint density at radius 3 is 2.73 bits per heavy atom. The third kappa shape index (κ3) is 3.49. The predicted molar refractivity (Wildman–Crippen MR) is 107 cm³/mol. The van der Waals surface area contributed by atoms with Crippen molar-refractivity contribution < 1.29 is 23.6 Å². The first-order valence-electron chi connectivity index (χ1n) is 9.51. The molecule has 4 amide bonds. The molecule has 9 heteroatoms. The van der Waals surface area contributed by atoms with Gasteiger partial charge in [-0.25, -0.2) is 4.39 Å². The standard InChI is InChI=1S/C21H20FN3O4S/c1-21(2,15-4-3-7-30-15)24-18(27)11-8-12-10-25(20(29)17(12)13(22)9-11)14-5-6-16(26)23-19(14)28/h3-4,7-9,14H,5-6,10H2,1-2H3,(H,24,27)(H,23,26,28). The van der Waals surface area contributed by atoms with Crippen molar-refractivity contribution in [3.8, 4) is 0 Å². The summed E-state index contributed by atoms with van der Waals surface area (Å²) in [6.45, 7) is 3.72. The molecule has 30 heavy (non-hydrogen) atoms. The van der Waals surface area contributed by atoms with E-state index in [1.807, 2.05) is 31.4 Å². The van der Waals surface area contributed by atoms with Gasteiger partial charge >= 0.3 is 0 Å². The molecule has 2 aliphatic rings. The molecule has 1 saturated heterocycles. The highest BCUT2D eigenvalue weighted by atomic mass is 32.1. The maximum Gasteiger partial charge on any atom is 0.258 e. The average molecular weight is 429 g/mol. The van der Waals surface area contributed by atoms with Gasteiger partial charge in [0.2, 0.25) is 11.8 Å². The SMILES string of the molecule is CC(C)(NC(=O)c1cc(F)c2c(c1)CN(C1CCC(=O)NC1=O)C2=O)c1cccs1. The lowest BCUT2D eigenvalue weighted by Gasteiger charge is -2.29. The van der Waals surface area contributed by atoms with Gasteiger partial charge in [-0.2, -0.15) is 0 Å². The van der Waals surface area contributed by atoms with Crippen LogP contribution >= 0.6 is 11.3 Å². The number of benzene rings is 1. The van der Waals surface area contributed by atoms with E-state index in [1.54, 1.807) is 0 Å². The van der Waals surface area contributed by atoms with E-state index < -0.39 is 35.1 Å². The van der Waals surface area contributed by atoms with Gasteiger partial charge in [0, 0.05) is 23.4 Å². The summed E-state index contributed by atoms with van der Waals surface area (Å²) < 4.78 is 14.8. The molecule has 1 unspecified atom stereocenters. The minimum Gasteiger partial charge on any atom is -0.342 e. The molecule has 0 saturated carbocycles. The minimum absolute atomic E-state index is 0.00675. The fraction of sp³-hybridized carbons (Fsp3) is 0.333. The van der Waals surface area contributed by atoms with Crippen LogP contribution in [0.1, 0.15) is 57.8 Å². The Labute approximate surface area is 176 Å². The minimum atomic E-state index is -0.836. The smallest absolute Gasteiger partial charge is 0.258 e. The molecule has 0 aliphatic carbocycles. The van der Waals surface area contributed by atoms with Crippen LogP contribution in [0.15, 0.2) is 29.6 Å². The largest absolute Gasteiger partial charge is 0.342 e. The molecule has 1 atom stereocenters. The number of rotatable bonds is 4. The number of amides is 4. The number of hydrogen-bond donors (Lipinski definition) is 2. The Kier molecular flexibility index (Phi) is 4.93. The van der Waals surface area contributed by atoms with Crippen molar-refractivity contribution in [3.63, 3.8) is 0 Å². The molecule has 1 aromatic heterocycles. The highest BCUT2D eigenvalue weighted by Gasteiger charge is 2.41. The molecule has 4 rings (SSSR count). The predicted octanol–water partition coefficient (Wildman–Crippen LogP) is 2.31. The van der Waals surface area contributed by atoms with Gasteiger partial charge in [-0.3, -0.25) is 24.5 Å². The summed E-state index contributed by atoms with van der Waals surface area (Å²) in [6.07, 6.45) is 0.304. The number of halogens is 1. The first-order chi connectivity index (χ1) is 14.2. The third-order valence-electron chi connectivity index (χ3n) is 5.40. The van der Waals surface area contributed by atoms with Gasteiger partial charge in [0.05, 0.1) is 11.1 Å². The highest BCUT2D eigenvalue weighted by Crippen LogP contribution is 2.31. The van der Waals surface area contributed by atoms with Crippen molar-refractivity contribution in [2.45, 2.75) is 44.8 Å². The van der Waals surface area contributed by atoms with Gasteiger partial charge in [-0.1, -0.05) is 6.07 Å². The quantitative estimate of drug-likeness (QED) is 0.729. The van der Waals surface area contributed by atoms with Crippen molar-refractivity contribution >= 4 is 35.0 Å². The van der Waals surface area contributed by atoms with Gasteiger partial charge in [0.1, 0.15) is 11.9 Å². The second-order valence-corrected chi connectivity index (χ2v) is 8.90. The van der Waals surface area contributed by atoms with E-state index in [-0.39, 0.29) is 36.4 Å². The third-order valence-corrected chi connectivity index (χ3v) is 6.59. The lowest BCUT2D eigenvalue weighted by molar-refractivity contribution is -0.136. The molecule has 1 fully saturated rings. The van der Waals surface area contributed by atoms with E-state index >= 15 is 0 Å². The van der Waals surface area contributed by atoms with Crippen LogP contribution in [0.5, 0.6) is 0 Å². The van der Waals surface area contributed by atoms with Gasteiger partial charge < -0.3 is 10.2 Å². The number of carbonyl (C=O) groups is 4. The van der Waals surface area contributed by atoms with E-state index in [4.69, 9.17) is 0 Å². The second kappa shape index (κ2) is 7.32. The maximum absolute atomic E-state index is 14.8. The van der Waals surface area contributed by atoms with E-state index in [9.17, 15) is 23.6 Å². The van der Waals surface area contributed by atoms with Crippen molar-refractivity contribution in [1.82, 2.24) is 15.5 Å². The molecule has 2 N–H and O–H groups in total. The summed E-state index contributed by atoms with van der Waals surface area (Å²) in [4.78, 5) is 51.2. The van der Waals surface area contributed by atoms with Crippen LogP contribution in [0.2, 0.25) is 0 Å². The molecular formula is C21H20FN3O4S. The molecule has 0 bridgehead atoms. The highest BCUT2D eigenvalue weighted by molar-refractivity contribution is 7.10. The fourth-order valence-electron chi connectivity index (χ4n) is 3.84. The summed E-state index contributed by atoms with van der Waals surface area (Å²) in [6, 6.07) is 5.49. The van der Waals surface area contributed by atoms with Crippen LogP contribution in [-0.4, -0.2) is 34.6 Å². The Bertz CT molecular complexity index is 1060. The molecule has 0 spiro atoms.